The quantitative estimate of drug-likeness (QED) is 0.903. The van der Waals surface area contributed by atoms with Crippen LogP contribution in [0.2, 0.25) is 0 Å². The average molecular weight is 273 g/mol. The lowest BCUT2D eigenvalue weighted by atomic mass is 10.4. The van der Waals surface area contributed by atoms with Crippen LogP contribution in [0.15, 0.2) is 16.9 Å². The SMILES string of the molecule is Cc1ncc(NCc2cc(Br)n[nH]2)s1. The minimum Gasteiger partial charge on any atom is -0.370 e. The number of nitrogens with zero attached hydrogens (tertiary/aromatic N) is 2. The fourth-order valence-corrected chi connectivity index (χ4v) is 2.09. The molecule has 4 nitrogen and oxygen atoms in total. The number of hydrogen-bond donors (Lipinski definition) is 2. The van der Waals surface area contributed by atoms with Crippen molar-refractivity contribution in [2.24, 2.45) is 0 Å². The maximum Gasteiger partial charge on any atom is 0.128 e. The smallest absolute Gasteiger partial charge is 0.128 e. The van der Waals surface area contributed by atoms with Crippen molar-refractivity contribution in [3.8, 4) is 0 Å². The van der Waals surface area contributed by atoms with E-state index in [2.05, 4.69) is 36.4 Å². The number of aryl methyl sites for hydroxylation is 1. The summed E-state index contributed by atoms with van der Waals surface area (Å²) in [5, 5.41) is 12.3. The van der Waals surface area contributed by atoms with Gasteiger partial charge in [-0.2, -0.15) is 5.10 Å². The number of rotatable bonds is 3. The third kappa shape index (κ3) is 2.33. The van der Waals surface area contributed by atoms with Crippen LogP contribution in [0.5, 0.6) is 0 Å². The first-order valence-electron chi connectivity index (χ1n) is 4.10. The number of hydrogen-bond acceptors (Lipinski definition) is 4. The molecule has 0 aromatic carbocycles. The van der Waals surface area contributed by atoms with Crippen molar-refractivity contribution in [2.75, 3.05) is 5.32 Å². The molecule has 74 valence electrons. The molecule has 2 heterocycles. The second-order valence-corrected chi connectivity index (χ2v) is 4.86. The van der Waals surface area contributed by atoms with E-state index >= 15 is 0 Å². The highest BCUT2D eigenvalue weighted by Crippen LogP contribution is 2.18. The largest absolute Gasteiger partial charge is 0.370 e. The van der Waals surface area contributed by atoms with Crippen LogP contribution in [0.25, 0.3) is 0 Å². The van der Waals surface area contributed by atoms with Crippen LogP contribution in [0.3, 0.4) is 0 Å². The van der Waals surface area contributed by atoms with Gasteiger partial charge in [-0.3, -0.25) is 5.10 Å². The molecule has 2 N–H and O–H groups in total. The molecule has 0 spiro atoms. The van der Waals surface area contributed by atoms with Gasteiger partial charge in [-0.05, 0) is 28.9 Å². The molecule has 0 radical (unpaired) electrons. The Balaban J connectivity index is 1.94. The standard InChI is InChI=1S/C8H9BrN4S/c1-5-10-4-8(14-5)11-3-6-2-7(9)13-12-6/h2,4,11H,3H2,1H3,(H,12,13). The molecule has 2 rings (SSSR count). The first-order valence-corrected chi connectivity index (χ1v) is 5.71. The summed E-state index contributed by atoms with van der Waals surface area (Å²) in [5.74, 6) is 0. The monoisotopic (exact) mass is 272 g/mol. The molecule has 2 aromatic rings. The molecular weight excluding hydrogens is 264 g/mol. The lowest BCUT2D eigenvalue weighted by Gasteiger charge is -1.98. The van der Waals surface area contributed by atoms with E-state index in [9.17, 15) is 0 Å². The maximum absolute atomic E-state index is 4.16. The number of anilines is 1. The highest BCUT2D eigenvalue weighted by atomic mass is 79.9. The minimum absolute atomic E-state index is 0.736. The summed E-state index contributed by atoms with van der Waals surface area (Å²) in [7, 11) is 0. The van der Waals surface area contributed by atoms with Crippen molar-refractivity contribution < 1.29 is 0 Å². The summed E-state index contributed by atoms with van der Waals surface area (Å²) in [6.07, 6.45) is 1.84. The zero-order chi connectivity index (χ0) is 9.97. The van der Waals surface area contributed by atoms with Gasteiger partial charge in [-0.25, -0.2) is 4.98 Å². The Kier molecular flexibility index (Phi) is 2.83. The fraction of sp³-hybridized carbons (Fsp3) is 0.250. The van der Waals surface area contributed by atoms with Gasteiger partial charge in [0.15, 0.2) is 0 Å². The van der Waals surface area contributed by atoms with Crippen molar-refractivity contribution in [2.45, 2.75) is 13.5 Å². The Morgan fingerprint density at radius 1 is 1.64 bits per heavy atom. The molecule has 14 heavy (non-hydrogen) atoms. The summed E-state index contributed by atoms with van der Waals surface area (Å²) in [6.45, 7) is 2.73. The molecule has 0 saturated carbocycles. The van der Waals surface area contributed by atoms with Gasteiger partial charge < -0.3 is 5.32 Å². The molecule has 0 aliphatic carbocycles. The molecule has 0 aliphatic rings. The Bertz CT molecular complexity index is 382. The van der Waals surface area contributed by atoms with Crippen molar-refractivity contribution >= 4 is 32.3 Å². The number of thiazole rings is 1. The van der Waals surface area contributed by atoms with E-state index < -0.39 is 0 Å². The van der Waals surface area contributed by atoms with E-state index in [4.69, 9.17) is 0 Å². The summed E-state index contributed by atoms with van der Waals surface area (Å²) in [4.78, 5) is 4.16. The first-order chi connectivity index (χ1) is 6.74. The second kappa shape index (κ2) is 4.10. The van der Waals surface area contributed by atoms with E-state index in [0.717, 1.165) is 26.9 Å². The van der Waals surface area contributed by atoms with E-state index in [-0.39, 0.29) is 0 Å². The first kappa shape index (κ1) is 9.67. The zero-order valence-electron chi connectivity index (χ0n) is 7.54. The minimum atomic E-state index is 0.736. The highest BCUT2D eigenvalue weighted by molar-refractivity contribution is 9.10. The van der Waals surface area contributed by atoms with Crippen LogP contribution in [-0.4, -0.2) is 15.2 Å². The summed E-state index contributed by atoms with van der Waals surface area (Å²) in [6, 6.07) is 1.95. The highest BCUT2D eigenvalue weighted by Gasteiger charge is 2.00. The molecule has 0 atom stereocenters. The maximum atomic E-state index is 4.16. The van der Waals surface area contributed by atoms with Crippen LogP contribution < -0.4 is 5.32 Å². The lowest BCUT2D eigenvalue weighted by Crippen LogP contribution is -1.97. The van der Waals surface area contributed by atoms with Crippen molar-refractivity contribution in [1.82, 2.24) is 15.2 Å². The van der Waals surface area contributed by atoms with Crippen LogP contribution in [0.4, 0.5) is 5.00 Å². The topological polar surface area (TPSA) is 53.6 Å². The molecule has 0 aliphatic heterocycles. The van der Waals surface area contributed by atoms with Crippen molar-refractivity contribution in [3.63, 3.8) is 0 Å². The summed E-state index contributed by atoms with van der Waals surface area (Å²) < 4.78 is 0.829. The normalized spacial score (nSPS) is 10.4. The van der Waals surface area contributed by atoms with Crippen molar-refractivity contribution in [3.05, 3.63) is 27.6 Å². The van der Waals surface area contributed by atoms with Gasteiger partial charge in [-0.15, -0.1) is 11.3 Å². The number of nitrogens with one attached hydrogen (secondary N) is 2. The van der Waals surface area contributed by atoms with Gasteiger partial charge in [0, 0.05) is 0 Å². The van der Waals surface area contributed by atoms with Gasteiger partial charge in [0.1, 0.15) is 9.60 Å². The van der Waals surface area contributed by atoms with Crippen LogP contribution in [0.1, 0.15) is 10.7 Å². The van der Waals surface area contributed by atoms with E-state index in [1.165, 1.54) is 0 Å². The predicted octanol–water partition coefficient (Wildman–Crippen LogP) is 2.55. The van der Waals surface area contributed by atoms with Gasteiger partial charge in [0.2, 0.25) is 0 Å². The van der Waals surface area contributed by atoms with Gasteiger partial charge in [-0.1, -0.05) is 0 Å². The third-order valence-electron chi connectivity index (χ3n) is 1.67. The Labute approximate surface area is 93.9 Å². The number of aromatic amines is 1. The van der Waals surface area contributed by atoms with Gasteiger partial charge in [0.05, 0.1) is 23.4 Å². The van der Waals surface area contributed by atoms with Crippen LogP contribution >= 0.6 is 27.3 Å². The molecule has 0 amide bonds. The molecule has 0 saturated heterocycles. The van der Waals surface area contributed by atoms with Gasteiger partial charge >= 0.3 is 0 Å². The summed E-state index contributed by atoms with van der Waals surface area (Å²) >= 11 is 4.93. The molecule has 6 heteroatoms. The second-order valence-electron chi connectivity index (χ2n) is 2.81. The third-order valence-corrected chi connectivity index (χ3v) is 2.95. The lowest BCUT2D eigenvalue weighted by molar-refractivity contribution is 0.977. The predicted molar refractivity (Wildman–Crippen MR) is 60.5 cm³/mol. The molecule has 0 unspecified atom stereocenters. The zero-order valence-corrected chi connectivity index (χ0v) is 9.94. The molecular formula is C8H9BrN4S. The molecule has 0 bridgehead atoms. The van der Waals surface area contributed by atoms with E-state index in [1.807, 2.05) is 19.2 Å². The van der Waals surface area contributed by atoms with Crippen LogP contribution in [-0.2, 0) is 6.54 Å². The van der Waals surface area contributed by atoms with E-state index in [0.29, 0.717) is 0 Å². The van der Waals surface area contributed by atoms with Crippen LogP contribution in [0, 0.1) is 6.92 Å². The van der Waals surface area contributed by atoms with Crippen molar-refractivity contribution in [1.29, 1.82) is 0 Å². The Morgan fingerprint density at radius 3 is 3.07 bits per heavy atom. The number of halogens is 1. The van der Waals surface area contributed by atoms with E-state index in [1.54, 1.807) is 11.3 Å². The Hall–Kier alpha value is -0.880. The molecule has 2 aromatic heterocycles. The van der Waals surface area contributed by atoms with Gasteiger partial charge in [0.25, 0.3) is 0 Å². The average Bonchev–Trinajstić information content (AvgIpc) is 2.72. The summed E-state index contributed by atoms with van der Waals surface area (Å²) in [5.41, 5.74) is 1.04. The Morgan fingerprint density at radius 2 is 2.50 bits per heavy atom. The fourth-order valence-electron chi connectivity index (χ4n) is 1.05. The molecule has 0 fully saturated rings. The number of aromatic nitrogens is 3. The number of H-pyrrole nitrogens is 1.